The number of carbonyl (C=O) groups excluding carboxylic acids is 1. The number of amides is 1. The van der Waals surface area contributed by atoms with Crippen molar-refractivity contribution in [3.63, 3.8) is 0 Å². The summed E-state index contributed by atoms with van der Waals surface area (Å²) in [5.41, 5.74) is 4.54. The highest BCUT2D eigenvalue weighted by molar-refractivity contribution is 7.89. The second-order valence-electron chi connectivity index (χ2n) is 8.25. The molecular formula is C19H26N4O4SSi. The highest BCUT2D eigenvalue weighted by Gasteiger charge is 2.21. The Morgan fingerprint density at radius 3 is 2.72 bits per heavy atom. The first kappa shape index (κ1) is 21.5. The Balaban J connectivity index is 2.06. The van der Waals surface area contributed by atoms with Crippen molar-refractivity contribution in [3.8, 4) is 11.5 Å². The summed E-state index contributed by atoms with van der Waals surface area (Å²) in [5, 5.41) is 5.06. The van der Waals surface area contributed by atoms with Crippen molar-refractivity contribution in [2.75, 3.05) is 32.6 Å². The average Bonchev–Trinajstić information content (AvgIpc) is 2.80. The van der Waals surface area contributed by atoms with Gasteiger partial charge in [0.05, 0.1) is 17.5 Å². The summed E-state index contributed by atoms with van der Waals surface area (Å²) in [6.07, 6.45) is 3.49. The van der Waals surface area contributed by atoms with Gasteiger partial charge in [0.2, 0.25) is 0 Å². The molecule has 3 rings (SSSR count). The molecule has 3 heterocycles. The van der Waals surface area contributed by atoms with Gasteiger partial charge >= 0.3 is 0 Å². The van der Waals surface area contributed by atoms with E-state index in [0.29, 0.717) is 42.9 Å². The molecule has 8 nitrogen and oxygen atoms in total. The van der Waals surface area contributed by atoms with Crippen molar-refractivity contribution in [3.05, 3.63) is 23.7 Å². The van der Waals surface area contributed by atoms with Gasteiger partial charge in [-0.1, -0.05) is 25.6 Å². The first-order valence-electron chi connectivity index (χ1n) is 9.48. The maximum Gasteiger partial charge on any atom is 0.272 e. The third kappa shape index (κ3) is 5.65. The Morgan fingerprint density at radius 2 is 2.03 bits per heavy atom. The quantitative estimate of drug-likeness (QED) is 0.537. The lowest BCUT2D eigenvalue weighted by Gasteiger charge is -2.19. The first-order valence-corrected chi connectivity index (χ1v) is 15.0. The summed E-state index contributed by atoms with van der Waals surface area (Å²) < 4.78 is 30.6. The van der Waals surface area contributed by atoms with Crippen LogP contribution in [-0.4, -0.2) is 74.6 Å². The minimum Gasteiger partial charge on any atom is -0.380 e. The number of aromatic nitrogens is 3. The zero-order valence-electron chi connectivity index (χ0n) is 17.2. The maximum absolute atomic E-state index is 12.9. The predicted molar refractivity (Wildman–Crippen MR) is 114 cm³/mol. The summed E-state index contributed by atoms with van der Waals surface area (Å²) in [7, 11) is -4.97. The fraction of sp³-hybridized carbons (Fsp3) is 0.526. The predicted octanol–water partition coefficient (Wildman–Crippen LogP) is 1.52. The van der Waals surface area contributed by atoms with E-state index < -0.39 is 17.9 Å². The van der Waals surface area contributed by atoms with Crippen LogP contribution >= 0.6 is 0 Å². The molecule has 1 aliphatic rings. The minimum atomic E-state index is -3.33. The molecule has 1 aliphatic heterocycles. The van der Waals surface area contributed by atoms with Gasteiger partial charge in [-0.05, 0) is 12.5 Å². The van der Waals surface area contributed by atoms with E-state index in [1.165, 1.54) is 4.68 Å². The minimum absolute atomic E-state index is 0.195. The van der Waals surface area contributed by atoms with Crippen molar-refractivity contribution in [1.82, 2.24) is 19.7 Å². The molecule has 0 N–H and O–H groups in total. The molecule has 0 saturated carbocycles. The summed E-state index contributed by atoms with van der Waals surface area (Å²) in [4.78, 5) is 18.9. The number of hydrogen-bond acceptors (Lipinski definition) is 6. The van der Waals surface area contributed by atoms with E-state index in [9.17, 15) is 13.2 Å². The molecule has 0 aromatic carbocycles. The Bertz CT molecular complexity index is 1090. The van der Waals surface area contributed by atoms with E-state index in [0.717, 1.165) is 12.7 Å². The Labute approximate surface area is 172 Å². The fourth-order valence-electron chi connectivity index (χ4n) is 2.96. The van der Waals surface area contributed by atoms with Gasteiger partial charge in [0.1, 0.15) is 25.3 Å². The molecule has 0 radical (unpaired) electrons. The molecule has 1 amide bonds. The normalized spacial score (nSPS) is 15.7. The lowest BCUT2D eigenvalue weighted by atomic mass is 10.2. The summed E-state index contributed by atoms with van der Waals surface area (Å²) in [5.74, 6) is 2.61. The summed E-state index contributed by atoms with van der Waals surface area (Å²) >= 11 is 0. The lowest BCUT2D eigenvalue weighted by Crippen LogP contribution is -2.33. The van der Waals surface area contributed by atoms with Crippen LogP contribution in [-0.2, 0) is 20.5 Å². The second kappa shape index (κ2) is 8.26. The smallest absolute Gasteiger partial charge is 0.272 e. The SMILES string of the molecule is C[Si](C)(C)C#Cc1nn(CS(C)(=O)=O)c2cc(C(=O)N3CCCOCC3)ncc12. The van der Waals surface area contributed by atoms with Gasteiger partial charge in [-0.2, -0.15) is 5.10 Å². The molecule has 0 spiro atoms. The van der Waals surface area contributed by atoms with Gasteiger partial charge < -0.3 is 9.64 Å². The maximum atomic E-state index is 12.9. The Morgan fingerprint density at radius 1 is 1.28 bits per heavy atom. The van der Waals surface area contributed by atoms with Crippen LogP contribution in [0.2, 0.25) is 19.6 Å². The molecular weight excluding hydrogens is 408 g/mol. The van der Waals surface area contributed by atoms with Crippen LogP contribution in [0.3, 0.4) is 0 Å². The van der Waals surface area contributed by atoms with Gasteiger partial charge in [0.15, 0.2) is 9.84 Å². The van der Waals surface area contributed by atoms with Gasteiger partial charge in [-0.15, -0.1) is 5.54 Å². The van der Waals surface area contributed by atoms with E-state index in [-0.39, 0.29) is 17.5 Å². The zero-order chi connectivity index (χ0) is 21.2. The van der Waals surface area contributed by atoms with E-state index >= 15 is 0 Å². The molecule has 10 heteroatoms. The van der Waals surface area contributed by atoms with Crippen molar-refractivity contribution in [1.29, 1.82) is 0 Å². The van der Waals surface area contributed by atoms with E-state index in [4.69, 9.17) is 4.74 Å². The van der Waals surface area contributed by atoms with Crippen LogP contribution in [0.15, 0.2) is 12.3 Å². The molecule has 29 heavy (non-hydrogen) atoms. The van der Waals surface area contributed by atoms with Crippen LogP contribution < -0.4 is 0 Å². The zero-order valence-corrected chi connectivity index (χ0v) is 19.0. The van der Waals surface area contributed by atoms with Gasteiger partial charge in [-0.25, -0.2) is 13.1 Å². The topological polar surface area (TPSA) is 94.4 Å². The Hall–Kier alpha value is -2.22. The lowest BCUT2D eigenvalue weighted by molar-refractivity contribution is 0.0735. The molecule has 2 aromatic rings. The third-order valence-corrected chi connectivity index (χ3v) is 5.87. The molecule has 0 atom stereocenters. The summed E-state index contributed by atoms with van der Waals surface area (Å²) in [6.45, 7) is 8.61. The standard InChI is InChI=1S/C19H26N4O4SSi/c1-28(25,26)14-23-18-12-17(19(24)22-7-5-9-27-10-8-22)20-13-15(18)16(21-23)6-11-29(2,3)4/h12-13H,5,7-10,14H2,1-4H3. The number of sulfone groups is 1. The average molecular weight is 435 g/mol. The molecule has 0 unspecified atom stereocenters. The Kier molecular flexibility index (Phi) is 6.12. The molecule has 1 saturated heterocycles. The van der Waals surface area contributed by atoms with Gasteiger partial charge in [-0.3, -0.25) is 9.78 Å². The van der Waals surface area contributed by atoms with Crippen LogP contribution in [0.4, 0.5) is 0 Å². The van der Waals surface area contributed by atoms with Crippen LogP contribution in [0, 0.1) is 11.5 Å². The molecule has 2 aromatic heterocycles. The number of pyridine rings is 1. The van der Waals surface area contributed by atoms with Gasteiger partial charge in [0.25, 0.3) is 5.91 Å². The van der Waals surface area contributed by atoms with Crippen LogP contribution in [0.1, 0.15) is 22.6 Å². The highest BCUT2D eigenvalue weighted by atomic mass is 32.2. The van der Waals surface area contributed by atoms with E-state index in [2.05, 4.69) is 41.2 Å². The second-order valence-corrected chi connectivity index (χ2v) is 15.1. The third-order valence-electron chi connectivity index (χ3n) is 4.28. The fourth-order valence-corrected chi connectivity index (χ4v) is 4.09. The first-order chi connectivity index (χ1) is 13.5. The number of fused-ring (bicyclic) bond motifs is 1. The molecule has 1 fully saturated rings. The number of nitrogens with zero attached hydrogens (tertiary/aromatic N) is 4. The van der Waals surface area contributed by atoms with Crippen molar-refractivity contribution in [2.45, 2.75) is 31.9 Å². The highest BCUT2D eigenvalue weighted by Crippen LogP contribution is 2.20. The van der Waals surface area contributed by atoms with Crippen LogP contribution in [0.25, 0.3) is 10.9 Å². The van der Waals surface area contributed by atoms with Crippen LogP contribution in [0.5, 0.6) is 0 Å². The largest absolute Gasteiger partial charge is 0.380 e. The van der Waals surface area contributed by atoms with E-state index in [1.54, 1.807) is 17.2 Å². The number of ether oxygens (including phenoxy) is 1. The number of hydrogen-bond donors (Lipinski definition) is 0. The molecule has 0 bridgehead atoms. The molecule has 0 aliphatic carbocycles. The monoisotopic (exact) mass is 434 g/mol. The number of rotatable bonds is 3. The van der Waals surface area contributed by atoms with E-state index in [1.807, 2.05) is 0 Å². The van der Waals surface area contributed by atoms with Crippen molar-refractivity contribution >= 4 is 34.7 Å². The van der Waals surface area contributed by atoms with Crippen molar-refractivity contribution in [2.24, 2.45) is 0 Å². The van der Waals surface area contributed by atoms with Gasteiger partial charge in [0, 0.05) is 32.1 Å². The number of carbonyl (C=O) groups is 1. The summed E-state index contributed by atoms with van der Waals surface area (Å²) in [6, 6.07) is 1.61. The molecule has 156 valence electrons. The van der Waals surface area contributed by atoms with Crippen molar-refractivity contribution < 1.29 is 17.9 Å².